The van der Waals surface area contributed by atoms with Crippen LogP contribution in [0.5, 0.6) is 0 Å². The lowest BCUT2D eigenvalue weighted by atomic mass is 9.98. The second-order valence-electron chi connectivity index (χ2n) is 5.11. The van der Waals surface area contributed by atoms with Gasteiger partial charge in [-0.3, -0.25) is 0 Å². The average molecular weight is 248 g/mol. The number of benzene rings is 1. The van der Waals surface area contributed by atoms with Crippen molar-refractivity contribution in [3.63, 3.8) is 0 Å². The molecule has 1 N–H and O–H groups in total. The predicted molar refractivity (Wildman–Crippen MR) is 75.3 cm³/mol. The lowest BCUT2D eigenvalue weighted by Crippen LogP contribution is -2.20. The van der Waals surface area contributed by atoms with Crippen LogP contribution >= 0.6 is 0 Å². The van der Waals surface area contributed by atoms with E-state index in [1.54, 1.807) is 0 Å². The molecule has 0 saturated carbocycles. The van der Waals surface area contributed by atoms with E-state index in [9.17, 15) is 5.11 Å². The van der Waals surface area contributed by atoms with Crippen LogP contribution in [0.4, 0.5) is 0 Å². The quantitative estimate of drug-likeness (QED) is 0.748. The average Bonchev–Trinajstić information content (AvgIpc) is 2.36. The zero-order valence-electron chi connectivity index (χ0n) is 11.6. The second-order valence-corrected chi connectivity index (χ2v) is 5.11. The van der Waals surface area contributed by atoms with Crippen LogP contribution in [0.15, 0.2) is 42.5 Å². The van der Waals surface area contributed by atoms with Gasteiger partial charge in [0.05, 0.1) is 18.8 Å². The van der Waals surface area contributed by atoms with Crippen molar-refractivity contribution in [3.8, 4) is 0 Å². The van der Waals surface area contributed by atoms with Gasteiger partial charge in [0.1, 0.15) is 0 Å². The molecule has 0 aliphatic heterocycles. The molecule has 0 spiro atoms. The Bertz CT molecular complexity index is 357. The Labute approximate surface area is 110 Å². The van der Waals surface area contributed by atoms with Gasteiger partial charge in [-0.05, 0) is 30.4 Å². The number of aliphatic hydroxyl groups excluding tert-OH is 1. The summed E-state index contributed by atoms with van der Waals surface area (Å²) in [6.07, 6.45) is 0.243. The third-order valence-electron chi connectivity index (χ3n) is 3.16. The smallest absolute Gasteiger partial charge is 0.0759 e. The van der Waals surface area contributed by atoms with Gasteiger partial charge in [-0.15, -0.1) is 0 Å². The molecule has 0 heterocycles. The molecule has 0 aliphatic rings. The van der Waals surface area contributed by atoms with Crippen LogP contribution in [-0.4, -0.2) is 17.3 Å². The fourth-order valence-corrected chi connectivity index (χ4v) is 1.58. The van der Waals surface area contributed by atoms with E-state index in [1.165, 1.54) is 0 Å². The molecule has 0 unspecified atom stereocenters. The maximum atomic E-state index is 9.81. The van der Waals surface area contributed by atoms with E-state index >= 15 is 0 Å². The van der Waals surface area contributed by atoms with E-state index in [0.29, 0.717) is 13.0 Å². The first-order valence-corrected chi connectivity index (χ1v) is 6.52. The van der Waals surface area contributed by atoms with E-state index in [1.807, 2.05) is 51.1 Å². The highest BCUT2D eigenvalue weighted by molar-refractivity contribution is 5.13. The van der Waals surface area contributed by atoms with Crippen LogP contribution in [0.1, 0.15) is 32.8 Å². The van der Waals surface area contributed by atoms with E-state index in [-0.39, 0.29) is 18.1 Å². The number of ether oxygens (including phenoxy) is 1. The summed E-state index contributed by atoms with van der Waals surface area (Å²) >= 11 is 0. The van der Waals surface area contributed by atoms with Gasteiger partial charge in [-0.2, -0.15) is 0 Å². The highest BCUT2D eigenvalue weighted by atomic mass is 16.5. The molecule has 1 rings (SSSR count). The van der Waals surface area contributed by atoms with E-state index < -0.39 is 0 Å². The normalized spacial score (nSPS) is 14.5. The lowest BCUT2D eigenvalue weighted by molar-refractivity contribution is 0.0625. The van der Waals surface area contributed by atoms with Gasteiger partial charge >= 0.3 is 0 Å². The van der Waals surface area contributed by atoms with E-state index in [4.69, 9.17) is 4.74 Å². The Morgan fingerprint density at radius 2 is 1.83 bits per heavy atom. The van der Waals surface area contributed by atoms with Crippen LogP contribution in [0.25, 0.3) is 0 Å². The first-order valence-electron chi connectivity index (χ1n) is 6.52. The van der Waals surface area contributed by atoms with Gasteiger partial charge in [0, 0.05) is 0 Å². The van der Waals surface area contributed by atoms with Crippen molar-refractivity contribution in [2.24, 2.45) is 5.92 Å². The fourth-order valence-electron chi connectivity index (χ4n) is 1.58. The zero-order valence-corrected chi connectivity index (χ0v) is 11.6. The summed E-state index contributed by atoms with van der Waals surface area (Å²) in [7, 11) is 0. The molecule has 2 atom stereocenters. The maximum Gasteiger partial charge on any atom is 0.0759 e. The highest BCUT2D eigenvalue weighted by Crippen LogP contribution is 2.17. The molecule has 0 amide bonds. The highest BCUT2D eigenvalue weighted by Gasteiger charge is 2.15. The molecule has 100 valence electrons. The Hall–Kier alpha value is -1.12. The van der Waals surface area contributed by atoms with Crippen LogP contribution in [-0.2, 0) is 11.3 Å². The molecule has 0 fully saturated rings. The number of aliphatic hydroxyl groups is 1. The van der Waals surface area contributed by atoms with Gasteiger partial charge in [-0.25, -0.2) is 0 Å². The van der Waals surface area contributed by atoms with Crippen LogP contribution in [0.3, 0.4) is 0 Å². The largest absolute Gasteiger partial charge is 0.393 e. The molecule has 18 heavy (non-hydrogen) atoms. The predicted octanol–water partition coefficient (Wildman–Crippen LogP) is 3.55. The Morgan fingerprint density at radius 1 is 1.22 bits per heavy atom. The van der Waals surface area contributed by atoms with Crippen molar-refractivity contribution >= 4 is 0 Å². The topological polar surface area (TPSA) is 29.5 Å². The number of rotatable bonds is 7. The van der Waals surface area contributed by atoms with Crippen LogP contribution in [0, 0.1) is 5.92 Å². The van der Waals surface area contributed by atoms with Gasteiger partial charge in [0.25, 0.3) is 0 Å². The molecule has 2 nitrogen and oxygen atoms in total. The molecular weight excluding hydrogens is 224 g/mol. The molecule has 0 radical (unpaired) electrons. The summed E-state index contributed by atoms with van der Waals surface area (Å²) < 4.78 is 5.76. The minimum absolute atomic E-state index is 0.0291. The zero-order chi connectivity index (χ0) is 13.5. The number of hydrogen-bond acceptors (Lipinski definition) is 2. The Morgan fingerprint density at radius 3 is 2.39 bits per heavy atom. The summed E-state index contributed by atoms with van der Waals surface area (Å²) in [5.74, 6) is 0.253. The molecule has 0 saturated heterocycles. The van der Waals surface area contributed by atoms with Gasteiger partial charge < -0.3 is 9.84 Å². The summed E-state index contributed by atoms with van der Waals surface area (Å²) in [6.45, 7) is 10.6. The summed E-state index contributed by atoms with van der Waals surface area (Å²) in [5, 5.41) is 9.81. The molecule has 1 aromatic rings. The second kappa shape index (κ2) is 7.34. The lowest BCUT2D eigenvalue weighted by Gasteiger charge is -2.20. The first kappa shape index (κ1) is 14.9. The third-order valence-corrected chi connectivity index (χ3v) is 3.16. The standard InChI is InChI=1S/C16H24O2/c1-12(2)16(17)10-13(3)14(4)18-11-15-8-6-5-7-9-15/h5-9,12,14,16-17H,3,10-11H2,1-2,4H3/t14-,16+/m0/s1. The summed E-state index contributed by atoms with van der Waals surface area (Å²) in [6, 6.07) is 10.1. The van der Waals surface area contributed by atoms with E-state index in [2.05, 4.69) is 6.58 Å². The van der Waals surface area contributed by atoms with Crippen molar-refractivity contribution in [1.82, 2.24) is 0 Å². The minimum atomic E-state index is -0.333. The molecule has 0 aliphatic carbocycles. The van der Waals surface area contributed by atoms with Crippen molar-refractivity contribution in [2.45, 2.75) is 46.0 Å². The number of hydrogen-bond donors (Lipinski definition) is 1. The van der Waals surface area contributed by atoms with Gasteiger partial charge in [0.2, 0.25) is 0 Å². The Kier molecular flexibility index (Phi) is 6.10. The van der Waals surface area contributed by atoms with Crippen molar-refractivity contribution in [2.75, 3.05) is 0 Å². The molecule has 0 bridgehead atoms. The first-order chi connectivity index (χ1) is 8.50. The summed E-state index contributed by atoms with van der Waals surface area (Å²) in [4.78, 5) is 0. The van der Waals surface area contributed by atoms with Crippen molar-refractivity contribution < 1.29 is 9.84 Å². The van der Waals surface area contributed by atoms with Crippen molar-refractivity contribution in [3.05, 3.63) is 48.0 Å². The molecular formula is C16H24O2. The van der Waals surface area contributed by atoms with Gasteiger partial charge in [0.15, 0.2) is 0 Å². The van der Waals surface area contributed by atoms with Crippen LogP contribution in [0.2, 0.25) is 0 Å². The molecule has 1 aromatic carbocycles. The Balaban J connectivity index is 2.36. The molecule has 2 heteroatoms. The minimum Gasteiger partial charge on any atom is -0.393 e. The van der Waals surface area contributed by atoms with Crippen LogP contribution < -0.4 is 0 Å². The molecule has 0 aromatic heterocycles. The SMILES string of the molecule is C=C(C[C@@H](O)C(C)C)[C@H](C)OCc1ccccc1. The summed E-state index contributed by atoms with van der Waals surface area (Å²) in [5.41, 5.74) is 2.11. The third kappa shape index (κ3) is 5.03. The van der Waals surface area contributed by atoms with E-state index in [0.717, 1.165) is 11.1 Å². The maximum absolute atomic E-state index is 9.81. The van der Waals surface area contributed by atoms with Gasteiger partial charge in [-0.1, -0.05) is 50.8 Å². The fraction of sp³-hybridized carbons (Fsp3) is 0.500. The monoisotopic (exact) mass is 248 g/mol. The van der Waals surface area contributed by atoms with Crippen molar-refractivity contribution in [1.29, 1.82) is 0 Å².